The summed E-state index contributed by atoms with van der Waals surface area (Å²) in [6.45, 7) is 5.08. The number of hydrogen-bond donors (Lipinski definition) is 1. The van der Waals surface area contributed by atoms with Gasteiger partial charge in [-0.15, -0.1) is 12.4 Å². The summed E-state index contributed by atoms with van der Waals surface area (Å²) in [7, 11) is 0. The second-order valence-electron chi connectivity index (χ2n) is 7.23. The van der Waals surface area contributed by atoms with E-state index >= 15 is 0 Å². The number of nitrogen functional groups attached to an aromatic ring is 1. The van der Waals surface area contributed by atoms with E-state index in [9.17, 15) is 0 Å². The van der Waals surface area contributed by atoms with Gasteiger partial charge in [0, 0.05) is 25.1 Å². The summed E-state index contributed by atoms with van der Waals surface area (Å²) in [4.78, 5) is 9.27. The number of fused-ring (bicyclic) bond motifs is 3. The van der Waals surface area contributed by atoms with Gasteiger partial charge in [0.1, 0.15) is 17.9 Å². The van der Waals surface area contributed by atoms with Crippen LogP contribution in [0.5, 0.6) is 0 Å². The number of nitrogens with zero attached hydrogens (tertiary/aromatic N) is 3. The Morgan fingerprint density at radius 3 is 2.52 bits per heavy atom. The van der Waals surface area contributed by atoms with E-state index in [1.54, 1.807) is 0 Å². The van der Waals surface area contributed by atoms with E-state index in [0.29, 0.717) is 32.2 Å². The number of aryl methyl sites for hydroxylation is 1. The fourth-order valence-corrected chi connectivity index (χ4v) is 3.73. The lowest BCUT2D eigenvalue weighted by molar-refractivity contribution is 0.112. The van der Waals surface area contributed by atoms with E-state index in [-0.39, 0.29) is 12.4 Å². The van der Waals surface area contributed by atoms with Crippen LogP contribution in [-0.4, -0.2) is 34.4 Å². The quantitative estimate of drug-likeness (QED) is 0.359. The third kappa shape index (κ3) is 5.34. The highest BCUT2D eigenvalue weighted by atomic mass is 35.5. The molecule has 2 N–H and O–H groups in total. The van der Waals surface area contributed by atoms with Crippen LogP contribution in [0.15, 0.2) is 54.6 Å². The second-order valence-corrected chi connectivity index (χ2v) is 7.23. The number of rotatable bonds is 10. The molecule has 4 aromatic rings. The molecule has 0 aliphatic heterocycles. The molecule has 0 bridgehead atoms. The molecule has 0 fully saturated rings. The molecule has 0 saturated carbocycles. The number of nitrogens with two attached hydrogens (primary N) is 1. The van der Waals surface area contributed by atoms with Gasteiger partial charge in [-0.25, -0.2) is 9.97 Å². The summed E-state index contributed by atoms with van der Waals surface area (Å²) < 4.78 is 13.8. The van der Waals surface area contributed by atoms with Crippen molar-refractivity contribution < 1.29 is 9.47 Å². The van der Waals surface area contributed by atoms with E-state index in [1.165, 1.54) is 5.56 Å². The van der Waals surface area contributed by atoms with Crippen molar-refractivity contribution in [1.82, 2.24) is 14.5 Å². The van der Waals surface area contributed by atoms with Crippen LogP contribution in [0, 0.1) is 0 Å². The number of imidazole rings is 1. The smallest absolute Gasteiger partial charge is 0.152 e. The lowest BCUT2D eigenvalue weighted by atomic mass is 10.1. The van der Waals surface area contributed by atoms with E-state index < -0.39 is 0 Å². The summed E-state index contributed by atoms with van der Waals surface area (Å²) in [5, 5.41) is 1.04. The fourth-order valence-electron chi connectivity index (χ4n) is 3.73. The molecule has 0 radical (unpaired) electrons. The van der Waals surface area contributed by atoms with E-state index in [2.05, 4.69) is 39.9 Å². The van der Waals surface area contributed by atoms with E-state index in [0.717, 1.165) is 47.2 Å². The molecule has 0 amide bonds. The molecule has 4 rings (SSSR count). The predicted molar refractivity (Wildman–Crippen MR) is 128 cm³/mol. The number of ether oxygens (including phenoxy) is 2. The maximum atomic E-state index is 6.22. The van der Waals surface area contributed by atoms with Crippen molar-refractivity contribution in [1.29, 1.82) is 0 Å². The van der Waals surface area contributed by atoms with Gasteiger partial charge >= 0.3 is 0 Å². The molecule has 31 heavy (non-hydrogen) atoms. The highest BCUT2D eigenvalue weighted by molar-refractivity contribution is 6.06. The number of para-hydroxylation sites is 1. The Labute approximate surface area is 188 Å². The molecule has 0 spiro atoms. The van der Waals surface area contributed by atoms with Crippen LogP contribution < -0.4 is 5.73 Å². The number of pyridine rings is 1. The standard InChI is InChI=1S/C24H28N4O2.ClH/c1-2-29-17-21-27-22-23(19-12-6-7-13-20(19)26-24(22)25)28(21)14-16-30-15-8-11-18-9-4-3-5-10-18;/h3-7,9-10,12-13H,2,8,11,14-17H2,1H3,(H2,25,26);1H. The average Bonchev–Trinajstić information content (AvgIpc) is 3.15. The first-order valence-corrected chi connectivity index (χ1v) is 10.5. The highest BCUT2D eigenvalue weighted by Crippen LogP contribution is 2.29. The zero-order valence-corrected chi connectivity index (χ0v) is 18.6. The van der Waals surface area contributed by atoms with Crippen molar-refractivity contribution in [3.05, 3.63) is 66.0 Å². The number of benzene rings is 2. The number of anilines is 1. The van der Waals surface area contributed by atoms with Gasteiger partial charge in [-0.3, -0.25) is 0 Å². The molecule has 0 atom stereocenters. The molecular formula is C24H29ClN4O2. The van der Waals surface area contributed by atoms with Gasteiger partial charge < -0.3 is 19.8 Å². The summed E-state index contributed by atoms with van der Waals surface area (Å²) in [6, 6.07) is 18.5. The van der Waals surface area contributed by atoms with Crippen molar-refractivity contribution >= 4 is 40.2 Å². The Balaban J connectivity index is 0.00000272. The largest absolute Gasteiger partial charge is 0.382 e. The van der Waals surface area contributed by atoms with Crippen LogP contribution in [0.25, 0.3) is 21.9 Å². The lowest BCUT2D eigenvalue weighted by Gasteiger charge is -2.11. The Bertz CT molecular complexity index is 1110. The van der Waals surface area contributed by atoms with Crippen molar-refractivity contribution in [2.75, 3.05) is 25.6 Å². The van der Waals surface area contributed by atoms with Crippen LogP contribution in [0.4, 0.5) is 5.82 Å². The maximum Gasteiger partial charge on any atom is 0.152 e. The first kappa shape index (κ1) is 23.0. The third-order valence-corrected chi connectivity index (χ3v) is 5.18. The summed E-state index contributed by atoms with van der Waals surface area (Å²) in [5.41, 5.74) is 10.2. The minimum absolute atomic E-state index is 0. The molecule has 0 aliphatic carbocycles. The number of hydrogen-bond acceptors (Lipinski definition) is 5. The Morgan fingerprint density at radius 2 is 1.71 bits per heavy atom. The fraction of sp³-hybridized carbons (Fsp3) is 0.333. The monoisotopic (exact) mass is 440 g/mol. The van der Waals surface area contributed by atoms with Crippen molar-refractivity contribution in [3.63, 3.8) is 0 Å². The zero-order chi connectivity index (χ0) is 20.8. The third-order valence-electron chi connectivity index (χ3n) is 5.18. The van der Waals surface area contributed by atoms with Gasteiger partial charge in [0.15, 0.2) is 5.82 Å². The van der Waals surface area contributed by atoms with Crippen LogP contribution in [0.3, 0.4) is 0 Å². The van der Waals surface area contributed by atoms with Gasteiger partial charge in [0.2, 0.25) is 0 Å². The summed E-state index contributed by atoms with van der Waals surface area (Å²) >= 11 is 0. The summed E-state index contributed by atoms with van der Waals surface area (Å²) in [6.07, 6.45) is 2.03. The van der Waals surface area contributed by atoms with Crippen LogP contribution in [0.1, 0.15) is 24.7 Å². The predicted octanol–water partition coefficient (Wildman–Crippen LogP) is 4.77. The van der Waals surface area contributed by atoms with Crippen LogP contribution in [-0.2, 0) is 29.0 Å². The van der Waals surface area contributed by atoms with Gasteiger partial charge in [-0.05, 0) is 31.4 Å². The molecule has 0 saturated heterocycles. The molecule has 0 unspecified atom stereocenters. The SMILES string of the molecule is CCOCc1nc2c(N)nc3ccccc3c2n1CCOCCCc1ccccc1.Cl. The van der Waals surface area contributed by atoms with Crippen LogP contribution in [0.2, 0.25) is 0 Å². The van der Waals surface area contributed by atoms with Crippen LogP contribution >= 0.6 is 12.4 Å². The Morgan fingerprint density at radius 1 is 0.935 bits per heavy atom. The average molecular weight is 441 g/mol. The first-order valence-electron chi connectivity index (χ1n) is 10.5. The topological polar surface area (TPSA) is 75.2 Å². The van der Waals surface area contributed by atoms with Crippen molar-refractivity contribution in [2.45, 2.75) is 32.9 Å². The van der Waals surface area contributed by atoms with E-state index in [1.807, 2.05) is 31.2 Å². The van der Waals surface area contributed by atoms with Crippen molar-refractivity contribution in [3.8, 4) is 0 Å². The van der Waals surface area contributed by atoms with Crippen molar-refractivity contribution in [2.24, 2.45) is 0 Å². The van der Waals surface area contributed by atoms with Gasteiger partial charge in [0.25, 0.3) is 0 Å². The molecule has 6 nitrogen and oxygen atoms in total. The second kappa shape index (κ2) is 11.1. The van der Waals surface area contributed by atoms with Gasteiger partial charge in [-0.1, -0.05) is 48.5 Å². The molecule has 2 aromatic carbocycles. The maximum absolute atomic E-state index is 6.22. The molecule has 0 aliphatic rings. The first-order chi connectivity index (χ1) is 14.8. The number of halogens is 1. The molecule has 7 heteroatoms. The number of aromatic nitrogens is 3. The molecule has 2 heterocycles. The minimum Gasteiger partial charge on any atom is -0.382 e. The normalized spacial score (nSPS) is 11.1. The molecular weight excluding hydrogens is 412 g/mol. The highest BCUT2D eigenvalue weighted by Gasteiger charge is 2.17. The molecule has 2 aromatic heterocycles. The lowest BCUT2D eigenvalue weighted by Crippen LogP contribution is -2.11. The summed E-state index contributed by atoms with van der Waals surface area (Å²) in [5.74, 6) is 1.30. The Kier molecular flexibility index (Phi) is 8.23. The minimum atomic E-state index is 0. The zero-order valence-electron chi connectivity index (χ0n) is 17.8. The van der Waals surface area contributed by atoms with E-state index in [4.69, 9.17) is 20.2 Å². The van der Waals surface area contributed by atoms with Gasteiger partial charge in [-0.2, -0.15) is 0 Å². The van der Waals surface area contributed by atoms with Gasteiger partial charge in [0.05, 0.1) is 17.6 Å². The molecule has 164 valence electrons. The Hall–Kier alpha value is -2.67.